The average molecular weight is 572 g/mol. The lowest BCUT2D eigenvalue weighted by Crippen LogP contribution is -2.53. The number of rotatable bonds is 12. The second kappa shape index (κ2) is 13.6. The quantitative estimate of drug-likeness (QED) is 0.353. The second-order valence-electron chi connectivity index (χ2n) is 9.46. The minimum Gasteiger partial charge on any atom is -0.497 e. The number of benzene rings is 3. The van der Waals surface area contributed by atoms with Crippen LogP contribution >= 0.6 is 11.6 Å². The van der Waals surface area contributed by atoms with Crippen molar-refractivity contribution < 1.29 is 22.7 Å². The number of sulfonamides is 1. The zero-order chi connectivity index (χ0) is 28.6. The Morgan fingerprint density at radius 3 is 2.21 bits per heavy atom. The molecule has 0 fully saturated rings. The fourth-order valence-electron chi connectivity index (χ4n) is 4.05. The van der Waals surface area contributed by atoms with Crippen molar-refractivity contribution in [3.63, 3.8) is 0 Å². The normalized spacial score (nSPS) is 12.3. The van der Waals surface area contributed by atoms with Gasteiger partial charge in [-0.2, -0.15) is 4.31 Å². The molecule has 3 aromatic rings. The molecule has 3 rings (SSSR count). The van der Waals surface area contributed by atoms with Crippen LogP contribution in [0.2, 0.25) is 5.02 Å². The number of carbonyl (C=O) groups is 2. The third kappa shape index (κ3) is 8.29. The van der Waals surface area contributed by atoms with E-state index in [1.807, 2.05) is 50.2 Å². The smallest absolute Gasteiger partial charge is 0.243 e. The summed E-state index contributed by atoms with van der Waals surface area (Å²) in [5.74, 6) is -0.236. The molecule has 0 aliphatic rings. The minimum absolute atomic E-state index is 0.0138. The summed E-state index contributed by atoms with van der Waals surface area (Å²) >= 11 is 5.92. The Bertz CT molecular complexity index is 1370. The van der Waals surface area contributed by atoms with Crippen LogP contribution in [0.3, 0.4) is 0 Å². The molecular weight excluding hydrogens is 538 g/mol. The molecule has 0 bridgehead atoms. The van der Waals surface area contributed by atoms with Crippen molar-refractivity contribution in [1.29, 1.82) is 0 Å². The third-order valence-corrected chi connectivity index (χ3v) is 8.14. The molecule has 0 aromatic heterocycles. The Kier molecular flexibility index (Phi) is 10.5. The standard InChI is InChI=1S/C29H34ClN3O5S/c1-21(2)31-29(35)27(18-22-9-6-5-7-10-22)33(19-23-11-8-12-25(17-23)38-4)28(34)20-32(3)39(36,37)26-15-13-24(30)14-16-26/h5-17,21,27H,18-20H2,1-4H3,(H,31,35). The number of hydrogen-bond donors (Lipinski definition) is 1. The Morgan fingerprint density at radius 1 is 0.949 bits per heavy atom. The Labute approximate surface area is 235 Å². The second-order valence-corrected chi connectivity index (χ2v) is 11.9. The van der Waals surface area contributed by atoms with E-state index in [9.17, 15) is 18.0 Å². The van der Waals surface area contributed by atoms with Crippen LogP contribution in [0, 0.1) is 0 Å². The van der Waals surface area contributed by atoms with Gasteiger partial charge in [0, 0.05) is 31.1 Å². The first-order valence-corrected chi connectivity index (χ1v) is 14.3. The molecule has 1 atom stereocenters. The molecule has 1 unspecified atom stereocenters. The molecule has 3 aromatic carbocycles. The first kappa shape index (κ1) is 30.1. The van der Waals surface area contributed by atoms with Crippen molar-refractivity contribution >= 4 is 33.4 Å². The maximum Gasteiger partial charge on any atom is 0.243 e. The molecule has 0 radical (unpaired) electrons. The van der Waals surface area contributed by atoms with E-state index in [1.54, 1.807) is 25.3 Å². The predicted octanol–water partition coefficient (Wildman–Crippen LogP) is 4.13. The number of nitrogens with zero attached hydrogens (tertiary/aromatic N) is 2. The SMILES string of the molecule is COc1cccc(CN(C(=O)CN(C)S(=O)(=O)c2ccc(Cl)cc2)C(Cc2ccccc2)C(=O)NC(C)C)c1. The molecule has 2 amide bonds. The van der Waals surface area contributed by atoms with Gasteiger partial charge in [-0.1, -0.05) is 54.1 Å². The summed E-state index contributed by atoms with van der Waals surface area (Å²) in [5, 5.41) is 3.32. The molecular formula is C29H34ClN3O5S. The predicted molar refractivity (Wildman–Crippen MR) is 152 cm³/mol. The fraction of sp³-hybridized carbons (Fsp3) is 0.310. The number of ether oxygens (including phenoxy) is 1. The van der Waals surface area contributed by atoms with Gasteiger partial charge in [-0.3, -0.25) is 9.59 Å². The van der Waals surface area contributed by atoms with E-state index in [0.29, 0.717) is 10.8 Å². The van der Waals surface area contributed by atoms with Gasteiger partial charge in [0.25, 0.3) is 0 Å². The van der Waals surface area contributed by atoms with Crippen LogP contribution in [-0.4, -0.2) is 62.2 Å². The van der Waals surface area contributed by atoms with Crippen LogP contribution in [0.25, 0.3) is 0 Å². The van der Waals surface area contributed by atoms with Crippen LogP contribution in [0.1, 0.15) is 25.0 Å². The van der Waals surface area contributed by atoms with Crippen LogP contribution in [0.15, 0.2) is 83.8 Å². The number of nitrogens with one attached hydrogen (secondary N) is 1. The van der Waals surface area contributed by atoms with Gasteiger partial charge in [-0.05, 0) is 61.4 Å². The maximum absolute atomic E-state index is 13.9. The zero-order valence-electron chi connectivity index (χ0n) is 22.5. The number of methoxy groups -OCH3 is 1. The van der Waals surface area contributed by atoms with E-state index in [0.717, 1.165) is 15.4 Å². The van der Waals surface area contributed by atoms with Crippen molar-refractivity contribution in [2.45, 2.75) is 43.8 Å². The van der Waals surface area contributed by atoms with Crippen LogP contribution < -0.4 is 10.1 Å². The number of amides is 2. The molecule has 8 nitrogen and oxygen atoms in total. The lowest BCUT2D eigenvalue weighted by atomic mass is 10.0. The molecule has 1 N–H and O–H groups in total. The minimum atomic E-state index is -3.99. The monoisotopic (exact) mass is 571 g/mol. The average Bonchev–Trinajstić information content (AvgIpc) is 2.91. The largest absolute Gasteiger partial charge is 0.497 e. The number of halogens is 1. The number of likely N-dealkylation sites (N-methyl/N-ethyl adjacent to an activating group) is 1. The number of carbonyl (C=O) groups excluding carboxylic acids is 2. The highest BCUT2D eigenvalue weighted by Gasteiger charge is 2.33. The molecule has 208 valence electrons. The van der Waals surface area contributed by atoms with Gasteiger partial charge in [0.1, 0.15) is 11.8 Å². The van der Waals surface area contributed by atoms with Gasteiger partial charge in [0.15, 0.2) is 0 Å². The Balaban J connectivity index is 1.98. The summed E-state index contributed by atoms with van der Waals surface area (Å²) in [6, 6.07) is 21.3. The maximum atomic E-state index is 13.9. The summed E-state index contributed by atoms with van der Waals surface area (Å²) in [5.41, 5.74) is 1.60. The van der Waals surface area contributed by atoms with Gasteiger partial charge >= 0.3 is 0 Å². The highest BCUT2D eigenvalue weighted by Crippen LogP contribution is 2.21. The van der Waals surface area contributed by atoms with E-state index in [-0.39, 0.29) is 29.8 Å². The van der Waals surface area contributed by atoms with E-state index in [2.05, 4.69) is 5.32 Å². The molecule has 0 heterocycles. The lowest BCUT2D eigenvalue weighted by molar-refractivity contribution is -0.141. The van der Waals surface area contributed by atoms with Crippen LogP contribution in [0.5, 0.6) is 5.75 Å². The fourth-order valence-corrected chi connectivity index (χ4v) is 5.30. The van der Waals surface area contributed by atoms with Crippen molar-refractivity contribution in [2.24, 2.45) is 0 Å². The van der Waals surface area contributed by atoms with Gasteiger partial charge in [-0.15, -0.1) is 0 Å². The summed E-state index contributed by atoms with van der Waals surface area (Å²) in [6.45, 7) is 3.30. The highest BCUT2D eigenvalue weighted by atomic mass is 35.5. The van der Waals surface area contributed by atoms with Crippen molar-refractivity contribution in [3.8, 4) is 5.75 Å². The third-order valence-electron chi connectivity index (χ3n) is 6.07. The summed E-state index contributed by atoms with van der Waals surface area (Å²) < 4.78 is 32.7. The van der Waals surface area contributed by atoms with Crippen molar-refractivity contribution in [3.05, 3.63) is 95.0 Å². The zero-order valence-corrected chi connectivity index (χ0v) is 24.1. The van der Waals surface area contributed by atoms with E-state index >= 15 is 0 Å². The first-order chi connectivity index (χ1) is 18.5. The Morgan fingerprint density at radius 2 is 1.59 bits per heavy atom. The molecule has 0 spiro atoms. The lowest BCUT2D eigenvalue weighted by Gasteiger charge is -2.33. The summed E-state index contributed by atoms with van der Waals surface area (Å²) in [4.78, 5) is 28.8. The Hall–Kier alpha value is -3.40. The van der Waals surface area contributed by atoms with E-state index in [1.165, 1.54) is 36.2 Å². The first-order valence-electron chi connectivity index (χ1n) is 12.5. The molecule has 39 heavy (non-hydrogen) atoms. The van der Waals surface area contributed by atoms with Gasteiger partial charge in [-0.25, -0.2) is 8.42 Å². The van der Waals surface area contributed by atoms with Gasteiger partial charge < -0.3 is 15.0 Å². The highest BCUT2D eigenvalue weighted by molar-refractivity contribution is 7.89. The summed E-state index contributed by atoms with van der Waals surface area (Å²) in [6.07, 6.45) is 0.253. The van der Waals surface area contributed by atoms with E-state index in [4.69, 9.17) is 16.3 Å². The molecule has 0 aliphatic heterocycles. The summed E-state index contributed by atoms with van der Waals surface area (Å²) in [7, 11) is -1.10. The van der Waals surface area contributed by atoms with Crippen molar-refractivity contribution in [2.75, 3.05) is 20.7 Å². The van der Waals surface area contributed by atoms with E-state index < -0.39 is 28.5 Å². The van der Waals surface area contributed by atoms with Crippen molar-refractivity contribution in [1.82, 2.24) is 14.5 Å². The van der Waals surface area contributed by atoms with Crippen LogP contribution in [0.4, 0.5) is 0 Å². The molecule has 0 saturated heterocycles. The molecule has 0 saturated carbocycles. The topological polar surface area (TPSA) is 96.0 Å². The molecule has 10 heteroatoms. The van der Waals surface area contributed by atoms with Crippen LogP contribution in [-0.2, 0) is 32.6 Å². The molecule has 0 aliphatic carbocycles. The number of hydrogen-bond acceptors (Lipinski definition) is 5. The van der Waals surface area contributed by atoms with Gasteiger partial charge in [0.05, 0.1) is 18.6 Å². The van der Waals surface area contributed by atoms with Gasteiger partial charge in [0.2, 0.25) is 21.8 Å².